The fourth-order valence-electron chi connectivity index (χ4n) is 2.73. The summed E-state index contributed by atoms with van der Waals surface area (Å²) in [6.45, 7) is 13.2. The molecule has 6 nitrogen and oxygen atoms in total. The average Bonchev–Trinajstić information content (AvgIpc) is 2.45. The van der Waals surface area contributed by atoms with Gasteiger partial charge in [-0.2, -0.15) is 0 Å². The van der Waals surface area contributed by atoms with Crippen LogP contribution in [-0.4, -0.2) is 75.5 Å². The highest BCUT2D eigenvalue weighted by molar-refractivity contribution is 14.0. The minimum absolute atomic E-state index is 0. The van der Waals surface area contributed by atoms with Crippen molar-refractivity contribution in [3.63, 3.8) is 0 Å². The van der Waals surface area contributed by atoms with E-state index in [-0.39, 0.29) is 41.7 Å². The van der Waals surface area contributed by atoms with Gasteiger partial charge in [0.05, 0.1) is 12.2 Å². The zero-order chi connectivity index (χ0) is 16.6. The lowest BCUT2D eigenvalue weighted by Gasteiger charge is -2.45. The smallest absolute Gasteiger partial charge is 0.191 e. The number of hydrogen-bond acceptors (Lipinski definition) is 4. The molecule has 1 heterocycles. The molecule has 0 aromatic heterocycles. The van der Waals surface area contributed by atoms with Crippen molar-refractivity contribution in [2.45, 2.75) is 51.9 Å². The van der Waals surface area contributed by atoms with E-state index in [1.54, 1.807) is 14.2 Å². The molecule has 0 amide bonds. The van der Waals surface area contributed by atoms with Gasteiger partial charge >= 0.3 is 0 Å². The molecule has 0 aliphatic carbocycles. The maximum absolute atomic E-state index is 5.82. The van der Waals surface area contributed by atoms with E-state index in [0.717, 1.165) is 45.2 Å². The van der Waals surface area contributed by atoms with Gasteiger partial charge in [0.25, 0.3) is 0 Å². The largest absolute Gasteiger partial charge is 0.385 e. The molecule has 138 valence electrons. The second-order valence-corrected chi connectivity index (χ2v) is 6.67. The molecular formula is C16H35IN4O2. The molecule has 2 N–H and O–H groups in total. The monoisotopic (exact) mass is 442 g/mol. The fraction of sp³-hybridized carbons (Fsp3) is 0.938. The Morgan fingerprint density at radius 2 is 1.87 bits per heavy atom. The third-order valence-corrected chi connectivity index (χ3v) is 4.01. The normalized spacial score (nSPS) is 23.3. The van der Waals surface area contributed by atoms with Crippen molar-refractivity contribution in [2.75, 3.05) is 46.9 Å². The molecule has 0 radical (unpaired) electrons. The van der Waals surface area contributed by atoms with E-state index in [1.165, 1.54) is 0 Å². The molecule has 1 saturated heterocycles. The summed E-state index contributed by atoms with van der Waals surface area (Å²) in [5.74, 6) is 0.846. The first-order chi connectivity index (χ1) is 10.4. The first kappa shape index (κ1) is 22.9. The van der Waals surface area contributed by atoms with Crippen LogP contribution in [0.5, 0.6) is 0 Å². The molecule has 0 aromatic carbocycles. The van der Waals surface area contributed by atoms with Crippen molar-refractivity contribution >= 4 is 29.9 Å². The maximum atomic E-state index is 5.82. The van der Waals surface area contributed by atoms with Gasteiger partial charge in [-0.25, -0.2) is 0 Å². The summed E-state index contributed by atoms with van der Waals surface area (Å²) in [7, 11) is 3.53. The lowest BCUT2D eigenvalue weighted by atomic mass is 10.00. The Balaban J connectivity index is 0.00000484. The summed E-state index contributed by atoms with van der Waals surface area (Å²) in [5.41, 5.74) is 0.0520. The van der Waals surface area contributed by atoms with Crippen LogP contribution < -0.4 is 10.6 Å². The van der Waals surface area contributed by atoms with E-state index < -0.39 is 0 Å². The molecule has 2 unspecified atom stereocenters. The Bertz CT molecular complexity index is 343. The number of morpholine rings is 1. The molecule has 0 spiro atoms. The van der Waals surface area contributed by atoms with Gasteiger partial charge in [-0.05, 0) is 34.1 Å². The zero-order valence-electron chi connectivity index (χ0n) is 15.5. The van der Waals surface area contributed by atoms with Crippen molar-refractivity contribution in [1.82, 2.24) is 15.5 Å². The van der Waals surface area contributed by atoms with E-state index in [4.69, 9.17) is 9.47 Å². The SMILES string of the molecule is CN=C(NCCCOC)NCC(C)(C)N1CC(C)OC(C)C1.I. The number of methoxy groups -OCH3 is 1. The van der Waals surface area contributed by atoms with Crippen LogP contribution in [0, 0.1) is 0 Å². The van der Waals surface area contributed by atoms with Gasteiger partial charge in [-0.1, -0.05) is 0 Å². The van der Waals surface area contributed by atoms with Gasteiger partial charge in [0, 0.05) is 52.5 Å². The molecule has 1 rings (SSSR count). The molecule has 0 saturated carbocycles. The Kier molecular flexibility index (Phi) is 11.4. The average molecular weight is 442 g/mol. The van der Waals surface area contributed by atoms with Crippen molar-refractivity contribution in [2.24, 2.45) is 4.99 Å². The molecule has 0 bridgehead atoms. The fourth-order valence-corrected chi connectivity index (χ4v) is 2.73. The second-order valence-electron chi connectivity index (χ2n) is 6.67. The Morgan fingerprint density at radius 1 is 1.26 bits per heavy atom. The summed E-state index contributed by atoms with van der Waals surface area (Å²) in [5, 5.41) is 6.74. The quantitative estimate of drug-likeness (QED) is 0.272. The molecule has 0 aromatic rings. The summed E-state index contributed by atoms with van der Waals surface area (Å²) >= 11 is 0. The molecule has 1 aliphatic heterocycles. The van der Waals surface area contributed by atoms with Crippen LogP contribution >= 0.6 is 24.0 Å². The van der Waals surface area contributed by atoms with Crippen molar-refractivity contribution in [1.29, 1.82) is 0 Å². The summed E-state index contributed by atoms with van der Waals surface area (Å²) in [6, 6.07) is 0. The zero-order valence-corrected chi connectivity index (χ0v) is 17.8. The van der Waals surface area contributed by atoms with Crippen molar-refractivity contribution in [3.05, 3.63) is 0 Å². The molecule has 1 aliphatic rings. The van der Waals surface area contributed by atoms with Crippen LogP contribution in [0.3, 0.4) is 0 Å². The Hall–Kier alpha value is -0.120. The highest BCUT2D eigenvalue weighted by atomic mass is 127. The van der Waals surface area contributed by atoms with Crippen molar-refractivity contribution in [3.8, 4) is 0 Å². The van der Waals surface area contributed by atoms with Gasteiger partial charge in [-0.3, -0.25) is 9.89 Å². The topological polar surface area (TPSA) is 58.1 Å². The van der Waals surface area contributed by atoms with Crippen LogP contribution in [0.2, 0.25) is 0 Å². The van der Waals surface area contributed by atoms with Crippen LogP contribution in [0.15, 0.2) is 4.99 Å². The maximum Gasteiger partial charge on any atom is 0.191 e. The van der Waals surface area contributed by atoms with Crippen LogP contribution in [-0.2, 0) is 9.47 Å². The van der Waals surface area contributed by atoms with Gasteiger partial charge in [0.15, 0.2) is 5.96 Å². The number of rotatable bonds is 7. The lowest BCUT2D eigenvalue weighted by Crippen LogP contribution is -2.59. The molecule has 2 atom stereocenters. The molecule has 23 heavy (non-hydrogen) atoms. The highest BCUT2D eigenvalue weighted by Crippen LogP contribution is 2.20. The number of aliphatic imine (C=N–C) groups is 1. The van der Waals surface area contributed by atoms with E-state index in [0.29, 0.717) is 0 Å². The lowest BCUT2D eigenvalue weighted by molar-refractivity contribution is -0.0946. The van der Waals surface area contributed by atoms with E-state index in [9.17, 15) is 0 Å². The van der Waals surface area contributed by atoms with Gasteiger partial charge in [0.1, 0.15) is 0 Å². The predicted octanol–water partition coefficient (Wildman–Crippen LogP) is 1.69. The number of halogens is 1. The van der Waals surface area contributed by atoms with Crippen LogP contribution in [0.4, 0.5) is 0 Å². The van der Waals surface area contributed by atoms with Gasteiger partial charge < -0.3 is 20.1 Å². The summed E-state index contributed by atoms with van der Waals surface area (Å²) in [4.78, 5) is 6.77. The number of hydrogen-bond donors (Lipinski definition) is 2. The first-order valence-corrected chi connectivity index (χ1v) is 8.23. The number of nitrogens with zero attached hydrogens (tertiary/aromatic N) is 2. The van der Waals surface area contributed by atoms with Gasteiger partial charge in [-0.15, -0.1) is 24.0 Å². The van der Waals surface area contributed by atoms with Gasteiger partial charge in [0.2, 0.25) is 0 Å². The van der Waals surface area contributed by atoms with Crippen molar-refractivity contribution < 1.29 is 9.47 Å². The predicted molar refractivity (Wildman–Crippen MR) is 107 cm³/mol. The molecule has 7 heteroatoms. The minimum Gasteiger partial charge on any atom is -0.385 e. The third-order valence-electron chi connectivity index (χ3n) is 4.01. The second kappa shape index (κ2) is 11.4. The van der Waals surface area contributed by atoms with E-state index in [2.05, 4.69) is 48.2 Å². The summed E-state index contributed by atoms with van der Waals surface area (Å²) in [6.07, 6.45) is 1.54. The molecular weight excluding hydrogens is 407 g/mol. The third kappa shape index (κ3) is 8.51. The number of ether oxygens (including phenoxy) is 2. The van der Waals surface area contributed by atoms with E-state index >= 15 is 0 Å². The minimum atomic E-state index is 0. The number of guanidine groups is 1. The standard InChI is InChI=1S/C16H34N4O2.HI/c1-13-10-20(11-14(2)22-13)16(3,4)12-19-15(17-5)18-8-7-9-21-6;/h13-14H,7-12H2,1-6H3,(H2,17,18,19);1H. The van der Waals surface area contributed by atoms with Crippen LogP contribution in [0.25, 0.3) is 0 Å². The Labute approximate surface area is 158 Å². The summed E-state index contributed by atoms with van der Waals surface area (Å²) < 4.78 is 10.9. The Morgan fingerprint density at radius 3 is 2.39 bits per heavy atom. The van der Waals surface area contributed by atoms with E-state index in [1.807, 2.05) is 0 Å². The number of nitrogens with one attached hydrogen (secondary N) is 2. The first-order valence-electron chi connectivity index (χ1n) is 8.23. The highest BCUT2D eigenvalue weighted by Gasteiger charge is 2.33. The van der Waals surface area contributed by atoms with Crippen LogP contribution in [0.1, 0.15) is 34.1 Å². The molecule has 1 fully saturated rings.